The lowest BCUT2D eigenvalue weighted by Crippen LogP contribution is -2.54. The summed E-state index contributed by atoms with van der Waals surface area (Å²) in [6, 6.07) is 17.9. The molecule has 8 atom stereocenters. The number of hydrogen-bond acceptors (Lipinski definition) is 19. The standard InChI is InChI=1S/C73H102F2N6O17/c1-47(94-66(86)56(41-50-19-20-50)77(11)64(84)61(43-52-25-30-55(31-26-52)81-35-39-92-40-36-81)97-69(89)59(45-73(8,9)75)79(13)70(90)98-71(3,4)5)62(82)78(12)58(44-72(6,7)74)68(88)96-60(32-27-49-23-28-54(29-24-49)80-33-37-91-38-34-80)63(83)76(10)57(42-51-21-22-51)67(87)95-48(2)65(85)93-46-53-17-15-14-16-18-53/h14-18,23-26,28-31,47-48,50-51,56-61H,19-22,27,32-46H2,1-13H3/t47-,48-,56+,57+,58+,59+,60-,61-/m1/s1. The van der Waals surface area contributed by atoms with E-state index in [-0.39, 0.29) is 50.5 Å². The number of rotatable bonds is 33. The number of esters is 5. The molecule has 4 aliphatic rings. The highest BCUT2D eigenvalue weighted by Crippen LogP contribution is 2.37. The van der Waals surface area contributed by atoms with Gasteiger partial charge < -0.3 is 62.4 Å². The van der Waals surface area contributed by atoms with Crippen LogP contribution in [0.3, 0.4) is 0 Å². The fourth-order valence-corrected chi connectivity index (χ4v) is 11.7. The Labute approximate surface area is 575 Å². The SMILES string of the molecule is C[C@@H](OC(=O)[C@H](CC1CC1)N(C)C(=O)[C@@H](CCc1ccc(N2CCOCC2)cc1)OC(=O)[C@H](CC(C)(C)F)N(C)C(=O)[C@@H](C)OC(=O)[C@H](CC1CC1)N(C)C(=O)[C@@H](Cc1ccc(N2CCOCC2)cc1)OC(=O)[C@H](CC(C)(C)F)N(C)C(=O)OC(C)(C)C)C(=O)OCc1ccccc1. The molecule has 0 radical (unpaired) electrons. The zero-order chi connectivity index (χ0) is 71.8. The highest BCUT2D eigenvalue weighted by atomic mass is 19.1. The van der Waals surface area contributed by atoms with Gasteiger partial charge in [0.1, 0.15) is 47.7 Å². The van der Waals surface area contributed by atoms with Crippen molar-refractivity contribution in [3.8, 4) is 0 Å². The van der Waals surface area contributed by atoms with E-state index in [9.17, 15) is 33.6 Å². The van der Waals surface area contributed by atoms with E-state index < -0.39 is 132 Å². The number of benzene rings is 3. The van der Waals surface area contributed by atoms with Crippen molar-refractivity contribution in [3.63, 3.8) is 0 Å². The molecule has 4 fully saturated rings. The largest absolute Gasteiger partial charge is 0.458 e. The Morgan fingerprint density at radius 1 is 0.490 bits per heavy atom. The monoisotopic (exact) mass is 1370 g/mol. The van der Waals surface area contributed by atoms with Gasteiger partial charge in [0.25, 0.3) is 17.7 Å². The zero-order valence-corrected chi connectivity index (χ0v) is 59.3. The summed E-state index contributed by atoms with van der Waals surface area (Å²) in [5.74, 6) is -7.67. The van der Waals surface area contributed by atoms with Gasteiger partial charge in [-0.1, -0.05) is 80.3 Å². The number of nitrogens with zero attached hydrogens (tertiary/aromatic N) is 6. The Bertz CT molecular complexity index is 3170. The molecule has 2 aliphatic carbocycles. The molecule has 540 valence electrons. The van der Waals surface area contributed by atoms with Crippen LogP contribution in [0.2, 0.25) is 0 Å². The van der Waals surface area contributed by atoms with Gasteiger partial charge in [-0.3, -0.25) is 19.3 Å². The maximum Gasteiger partial charge on any atom is 0.410 e. The second-order valence-electron chi connectivity index (χ2n) is 28.6. The number of carbonyl (C=O) groups is 9. The molecule has 3 aromatic carbocycles. The molecule has 0 aromatic heterocycles. The molecule has 2 saturated carbocycles. The maximum absolute atomic E-state index is 16.1. The fraction of sp³-hybridized carbons (Fsp3) is 0.630. The number of morpholine rings is 2. The molecule has 98 heavy (non-hydrogen) atoms. The van der Waals surface area contributed by atoms with E-state index in [1.807, 2.05) is 42.5 Å². The lowest BCUT2D eigenvalue weighted by molar-refractivity contribution is -0.176. The molecule has 2 heterocycles. The predicted molar refractivity (Wildman–Crippen MR) is 360 cm³/mol. The lowest BCUT2D eigenvalue weighted by Gasteiger charge is -2.35. The summed E-state index contributed by atoms with van der Waals surface area (Å²) in [5.41, 5.74) is -1.27. The molecule has 0 N–H and O–H groups in total. The number of carbonyl (C=O) groups excluding carboxylic acids is 9. The quantitative estimate of drug-likeness (QED) is 0.0409. The minimum Gasteiger partial charge on any atom is -0.458 e. The molecule has 3 aromatic rings. The van der Waals surface area contributed by atoms with Crippen LogP contribution in [0.4, 0.5) is 25.0 Å². The van der Waals surface area contributed by atoms with Crippen LogP contribution < -0.4 is 9.80 Å². The molecule has 25 heteroatoms. The van der Waals surface area contributed by atoms with Crippen molar-refractivity contribution in [3.05, 3.63) is 95.6 Å². The minimum absolute atomic E-state index is 0.0449. The molecule has 2 aliphatic heterocycles. The summed E-state index contributed by atoms with van der Waals surface area (Å²) < 4.78 is 77.5. The van der Waals surface area contributed by atoms with Crippen molar-refractivity contribution in [1.82, 2.24) is 19.6 Å². The molecule has 7 rings (SSSR count). The molecule has 0 unspecified atom stereocenters. The maximum atomic E-state index is 16.1. The summed E-state index contributed by atoms with van der Waals surface area (Å²) in [6.45, 7) is 17.2. The molecular weight excluding hydrogens is 1270 g/mol. The van der Waals surface area contributed by atoms with Crippen molar-refractivity contribution in [2.45, 2.75) is 205 Å². The summed E-state index contributed by atoms with van der Waals surface area (Å²) >= 11 is 0. The van der Waals surface area contributed by atoms with Crippen LogP contribution in [-0.4, -0.2) is 220 Å². The van der Waals surface area contributed by atoms with Crippen LogP contribution in [0.15, 0.2) is 78.9 Å². The summed E-state index contributed by atoms with van der Waals surface area (Å²) in [7, 11) is 5.18. The van der Waals surface area contributed by atoms with Crippen LogP contribution in [0.25, 0.3) is 0 Å². The van der Waals surface area contributed by atoms with E-state index in [1.54, 1.807) is 57.2 Å². The van der Waals surface area contributed by atoms with Gasteiger partial charge in [0.05, 0.1) is 26.4 Å². The number of amides is 4. The first-order chi connectivity index (χ1) is 46.1. The first kappa shape index (κ1) is 77.4. The van der Waals surface area contributed by atoms with Crippen molar-refractivity contribution in [2.24, 2.45) is 11.8 Å². The minimum atomic E-state index is -2.15. The van der Waals surface area contributed by atoms with Crippen LogP contribution in [-0.2, 0) is 95.7 Å². The van der Waals surface area contributed by atoms with Crippen LogP contribution in [0.1, 0.15) is 137 Å². The molecule has 23 nitrogen and oxygen atoms in total. The number of hydrogen-bond donors (Lipinski definition) is 0. The predicted octanol–water partition coefficient (Wildman–Crippen LogP) is 8.56. The second-order valence-corrected chi connectivity index (χ2v) is 28.6. The van der Waals surface area contributed by atoms with Crippen LogP contribution in [0.5, 0.6) is 0 Å². The van der Waals surface area contributed by atoms with Gasteiger partial charge in [-0.15, -0.1) is 0 Å². The number of likely N-dealkylation sites (N-methyl/N-ethyl adjacent to an activating group) is 4. The van der Waals surface area contributed by atoms with Crippen LogP contribution >= 0.6 is 0 Å². The fourth-order valence-electron chi connectivity index (χ4n) is 11.7. The van der Waals surface area contributed by atoms with Gasteiger partial charge >= 0.3 is 35.9 Å². The molecular formula is C73H102F2N6O17. The summed E-state index contributed by atoms with van der Waals surface area (Å²) in [5, 5.41) is 0. The van der Waals surface area contributed by atoms with Crippen molar-refractivity contribution < 1.29 is 89.8 Å². The smallest absolute Gasteiger partial charge is 0.410 e. The molecule has 4 amide bonds. The average molecular weight is 1370 g/mol. The van der Waals surface area contributed by atoms with Gasteiger partial charge in [-0.25, -0.2) is 37.5 Å². The van der Waals surface area contributed by atoms with Gasteiger partial charge in [0.2, 0.25) is 0 Å². The first-order valence-electron chi connectivity index (χ1n) is 34.1. The summed E-state index contributed by atoms with van der Waals surface area (Å²) in [6.07, 6.45) is -5.45. The van der Waals surface area contributed by atoms with E-state index in [4.69, 9.17) is 37.9 Å². The number of halogens is 2. The number of anilines is 2. The Morgan fingerprint density at radius 3 is 1.35 bits per heavy atom. The highest BCUT2D eigenvalue weighted by molar-refractivity contribution is 5.93. The Hall–Kier alpha value is -7.93. The Kier molecular flexibility index (Phi) is 27.4. The van der Waals surface area contributed by atoms with E-state index in [0.29, 0.717) is 71.0 Å². The van der Waals surface area contributed by atoms with Gasteiger partial charge in [-0.05, 0) is 141 Å². The highest BCUT2D eigenvalue weighted by Gasteiger charge is 2.45. The van der Waals surface area contributed by atoms with Gasteiger partial charge in [0.15, 0.2) is 24.4 Å². The van der Waals surface area contributed by atoms with E-state index in [1.165, 1.54) is 69.7 Å². The number of alkyl halides is 2. The second kappa shape index (κ2) is 34.7. The molecule has 2 saturated heterocycles. The third-order valence-corrected chi connectivity index (χ3v) is 17.8. The zero-order valence-electron chi connectivity index (χ0n) is 59.3. The van der Waals surface area contributed by atoms with Crippen molar-refractivity contribution in [1.29, 1.82) is 0 Å². The normalized spacial score (nSPS) is 17.6. The topological polar surface area (TPSA) is 247 Å². The third-order valence-electron chi connectivity index (χ3n) is 17.8. The van der Waals surface area contributed by atoms with E-state index in [2.05, 4.69) is 9.80 Å². The number of ether oxygens (including phenoxy) is 8. The third kappa shape index (κ3) is 23.9. The molecule has 0 bridgehead atoms. The van der Waals surface area contributed by atoms with Gasteiger partial charge in [-0.2, -0.15) is 0 Å². The Balaban J connectivity index is 1.11. The van der Waals surface area contributed by atoms with E-state index >= 15 is 18.4 Å². The number of aryl methyl sites for hydroxylation is 1. The average Bonchev–Trinajstić information content (AvgIpc) is 1.32. The summed E-state index contributed by atoms with van der Waals surface area (Å²) in [4.78, 5) is 138. The van der Waals surface area contributed by atoms with E-state index in [0.717, 1.165) is 54.9 Å². The lowest BCUT2D eigenvalue weighted by atomic mass is 9.99. The molecule has 0 spiro atoms. The van der Waals surface area contributed by atoms with Crippen molar-refractivity contribution in [2.75, 3.05) is 90.6 Å². The van der Waals surface area contributed by atoms with Crippen molar-refractivity contribution >= 4 is 65.0 Å². The Morgan fingerprint density at radius 2 is 0.898 bits per heavy atom. The van der Waals surface area contributed by atoms with Gasteiger partial charge in [0, 0.05) is 85.0 Å². The van der Waals surface area contributed by atoms with Crippen LogP contribution in [0, 0.1) is 11.8 Å². The first-order valence-corrected chi connectivity index (χ1v) is 34.1.